The van der Waals surface area contributed by atoms with Crippen molar-refractivity contribution in [3.63, 3.8) is 0 Å². The molecule has 0 atom stereocenters. The summed E-state index contributed by atoms with van der Waals surface area (Å²) in [5.74, 6) is 1.36. The van der Waals surface area contributed by atoms with Gasteiger partial charge in [-0.05, 0) is 27.7 Å². The van der Waals surface area contributed by atoms with Gasteiger partial charge in [0.15, 0.2) is 5.82 Å². The molecular formula is C11H17N3O3. The summed E-state index contributed by atoms with van der Waals surface area (Å²) in [6, 6.07) is 0. The molecule has 0 N–H and O–H groups in total. The molecule has 17 heavy (non-hydrogen) atoms. The molecule has 94 valence electrons. The molecule has 0 aliphatic carbocycles. The zero-order chi connectivity index (χ0) is 12.6. The quantitative estimate of drug-likeness (QED) is 0.746. The van der Waals surface area contributed by atoms with Gasteiger partial charge in [-0.25, -0.2) is 4.79 Å². The van der Waals surface area contributed by atoms with Gasteiger partial charge in [-0.15, -0.1) is 0 Å². The Labute approximate surface area is 99.9 Å². The molecule has 1 saturated heterocycles. The number of carbonyl (C=O) groups excluding carboxylic acids is 1. The van der Waals surface area contributed by atoms with Crippen molar-refractivity contribution in [3.05, 3.63) is 11.7 Å². The molecule has 0 saturated carbocycles. The Morgan fingerprint density at radius 1 is 1.47 bits per heavy atom. The smallest absolute Gasteiger partial charge is 0.410 e. The van der Waals surface area contributed by atoms with E-state index >= 15 is 0 Å². The van der Waals surface area contributed by atoms with Crippen LogP contribution in [0.3, 0.4) is 0 Å². The Morgan fingerprint density at radius 2 is 2.12 bits per heavy atom. The molecule has 1 fully saturated rings. The third-order valence-corrected chi connectivity index (χ3v) is 2.43. The van der Waals surface area contributed by atoms with Gasteiger partial charge in [-0.1, -0.05) is 5.16 Å². The highest BCUT2D eigenvalue weighted by molar-refractivity contribution is 5.69. The van der Waals surface area contributed by atoms with Crippen molar-refractivity contribution in [2.24, 2.45) is 0 Å². The molecular weight excluding hydrogens is 222 g/mol. The summed E-state index contributed by atoms with van der Waals surface area (Å²) in [4.78, 5) is 17.4. The first-order valence-corrected chi connectivity index (χ1v) is 5.63. The number of rotatable bonds is 1. The van der Waals surface area contributed by atoms with E-state index in [-0.39, 0.29) is 12.0 Å². The minimum atomic E-state index is -0.455. The summed E-state index contributed by atoms with van der Waals surface area (Å²) in [5, 5.41) is 3.73. The summed E-state index contributed by atoms with van der Waals surface area (Å²) in [5.41, 5.74) is -0.455. The van der Waals surface area contributed by atoms with E-state index in [1.165, 1.54) is 0 Å². The summed E-state index contributed by atoms with van der Waals surface area (Å²) >= 11 is 0. The van der Waals surface area contributed by atoms with Crippen molar-refractivity contribution < 1.29 is 14.1 Å². The molecule has 1 aromatic heterocycles. The van der Waals surface area contributed by atoms with E-state index in [1.54, 1.807) is 11.8 Å². The lowest BCUT2D eigenvalue weighted by atomic mass is 10.0. The lowest BCUT2D eigenvalue weighted by Crippen LogP contribution is -2.50. The summed E-state index contributed by atoms with van der Waals surface area (Å²) in [6.45, 7) is 8.49. The van der Waals surface area contributed by atoms with Crippen LogP contribution in [0.15, 0.2) is 4.52 Å². The monoisotopic (exact) mass is 239 g/mol. The normalized spacial score (nSPS) is 16.8. The average molecular weight is 239 g/mol. The maximum Gasteiger partial charge on any atom is 0.410 e. The molecule has 1 aromatic rings. The van der Waals surface area contributed by atoms with Crippen LogP contribution >= 0.6 is 0 Å². The fourth-order valence-corrected chi connectivity index (χ4v) is 1.59. The Balaban J connectivity index is 1.85. The Kier molecular flexibility index (Phi) is 2.81. The van der Waals surface area contributed by atoms with Crippen molar-refractivity contribution in [1.29, 1.82) is 0 Å². The number of carbonyl (C=O) groups is 1. The molecule has 1 aliphatic heterocycles. The van der Waals surface area contributed by atoms with Crippen LogP contribution < -0.4 is 0 Å². The first-order chi connectivity index (χ1) is 7.85. The Morgan fingerprint density at radius 3 is 2.59 bits per heavy atom. The lowest BCUT2D eigenvalue weighted by molar-refractivity contribution is 0.00558. The van der Waals surface area contributed by atoms with Gasteiger partial charge in [0, 0.05) is 13.1 Å². The molecule has 0 bridgehead atoms. The minimum absolute atomic E-state index is 0.142. The second kappa shape index (κ2) is 4.01. The van der Waals surface area contributed by atoms with Crippen LogP contribution in [0.4, 0.5) is 4.79 Å². The number of aromatic nitrogens is 2. The van der Waals surface area contributed by atoms with E-state index < -0.39 is 5.60 Å². The fourth-order valence-electron chi connectivity index (χ4n) is 1.59. The highest BCUT2D eigenvalue weighted by Gasteiger charge is 2.37. The maximum absolute atomic E-state index is 11.7. The number of hydrogen-bond acceptors (Lipinski definition) is 5. The van der Waals surface area contributed by atoms with Crippen LogP contribution in [-0.2, 0) is 4.74 Å². The van der Waals surface area contributed by atoms with Gasteiger partial charge in [0.25, 0.3) is 0 Å². The van der Waals surface area contributed by atoms with Gasteiger partial charge in [0.2, 0.25) is 5.89 Å². The topological polar surface area (TPSA) is 68.5 Å². The zero-order valence-electron chi connectivity index (χ0n) is 10.6. The van der Waals surface area contributed by atoms with E-state index in [0.29, 0.717) is 24.8 Å². The number of ether oxygens (including phenoxy) is 1. The third-order valence-electron chi connectivity index (χ3n) is 2.43. The summed E-state index contributed by atoms with van der Waals surface area (Å²) in [7, 11) is 0. The van der Waals surface area contributed by atoms with E-state index in [0.717, 1.165) is 0 Å². The second-order valence-electron chi connectivity index (χ2n) is 5.26. The van der Waals surface area contributed by atoms with E-state index in [2.05, 4.69) is 10.1 Å². The van der Waals surface area contributed by atoms with Gasteiger partial charge in [-0.2, -0.15) is 4.98 Å². The van der Waals surface area contributed by atoms with E-state index in [9.17, 15) is 4.79 Å². The van der Waals surface area contributed by atoms with Crippen LogP contribution in [-0.4, -0.2) is 39.8 Å². The molecule has 1 aliphatic rings. The first kappa shape index (κ1) is 11.9. The molecule has 0 spiro atoms. The number of hydrogen-bond donors (Lipinski definition) is 0. The van der Waals surface area contributed by atoms with Crippen molar-refractivity contribution in [1.82, 2.24) is 15.0 Å². The number of aryl methyl sites for hydroxylation is 1. The Bertz CT molecular complexity index is 416. The summed E-state index contributed by atoms with van der Waals surface area (Å²) < 4.78 is 10.3. The SMILES string of the molecule is Cc1noc(C2CN(C(=O)OC(C)(C)C)C2)n1. The van der Waals surface area contributed by atoms with Crippen LogP contribution in [0.25, 0.3) is 0 Å². The molecule has 2 rings (SSSR count). The van der Waals surface area contributed by atoms with Crippen molar-refractivity contribution in [2.75, 3.05) is 13.1 Å². The first-order valence-electron chi connectivity index (χ1n) is 5.63. The number of nitrogens with zero attached hydrogens (tertiary/aromatic N) is 3. The van der Waals surface area contributed by atoms with E-state index in [4.69, 9.17) is 9.26 Å². The van der Waals surface area contributed by atoms with Crippen LogP contribution in [0.2, 0.25) is 0 Å². The molecule has 0 aromatic carbocycles. The predicted molar refractivity (Wildman–Crippen MR) is 59.6 cm³/mol. The van der Waals surface area contributed by atoms with Gasteiger partial charge in [0.1, 0.15) is 5.60 Å². The van der Waals surface area contributed by atoms with Crippen LogP contribution in [0.5, 0.6) is 0 Å². The van der Waals surface area contributed by atoms with Crippen molar-refractivity contribution >= 4 is 6.09 Å². The summed E-state index contributed by atoms with van der Waals surface area (Å²) in [6.07, 6.45) is -0.287. The average Bonchev–Trinajstić information content (AvgIpc) is 2.45. The number of likely N-dealkylation sites (tertiary alicyclic amines) is 1. The molecule has 2 heterocycles. The second-order valence-corrected chi connectivity index (χ2v) is 5.26. The molecule has 0 unspecified atom stereocenters. The fraction of sp³-hybridized carbons (Fsp3) is 0.727. The standard InChI is InChI=1S/C11H17N3O3/c1-7-12-9(17-13-7)8-5-14(6-8)10(15)16-11(2,3)4/h8H,5-6H2,1-4H3. The zero-order valence-corrected chi connectivity index (χ0v) is 10.6. The van der Waals surface area contributed by atoms with Gasteiger partial charge in [0.05, 0.1) is 5.92 Å². The van der Waals surface area contributed by atoms with Crippen LogP contribution in [0.1, 0.15) is 38.4 Å². The van der Waals surface area contributed by atoms with Crippen molar-refractivity contribution in [2.45, 2.75) is 39.2 Å². The molecule has 6 heteroatoms. The number of amides is 1. The largest absolute Gasteiger partial charge is 0.444 e. The molecule has 0 radical (unpaired) electrons. The highest BCUT2D eigenvalue weighted by Crippen LogP contribution is 2.27. The maximum atomic E-state index is 11.7. The highest BCUT2D eigenvalue weighted by atomic mass is 16.6. The third kappa shape index (κ3) is 2.75. The van der Waals surface area contributed by atoms with E-state index in [1.807, 2.05) is 20.8 Å². The Hall–Kier alpha value is -1.59. The van der Waals surface area contributed by atoms with Gasteiger partial charge < -0.3 is 14.2 Å². The molecule has 6 nitrogen and oxygen atoms in total. The van der Waals surface area contributed by atoms with Gasteiger partial charge >= 0.3 is 6.09 Å². The molecule has 1 amide bonds. The van der Waals surface area contributed by atoms with Crippen molar-refractivity contribution in [3.8, 4) is 0 Å². The minimum Gasteiger partial charge on any atom is -0.444 e. The van der Waals surface area contributed by atoms with Crippen LogP contribution in [0, 0.1) is 6.92 Å². The lowest BCUT2D eigenvalue weighted by Gasteiger charge is -2.37. The predicted octanol–water partition coefficient (Wildman–Crippen LogP) is 1.71. The van der Waals surface area contributed by atoms with Gasteiger partial charge in [-0.3, -0.25) is 0 Å².